The van der Waals surface area contributed by atoms with E-state index in [9.17, 15) is 14.4 Å². The van der Waals surface area contributed by atoms with Crippen LogP contribution in [0.1, 0.15) is 0 Å². The van der Waals surface area contributed by atoms with Crippen molar-refractivity contribution in [1.82, 2.24) is 15.5 Å². The highest BCUT2D eigenvalue weighted by Gasteiger charge is 2.26. The lowest BCUT2D eigenvalue weighted by molar-refractivity contribution is -0.148. The number of nitrogens with zero attached hydrogens (tertiary/aromatic N) is 1. The molecule has 0 radical (unpaired) electrons. The maximum absolute atomic E-state index is 11.5. The number of amides is 3. The predicted molar refractivity (Wildman–Crippen MR) is 59.4 cm³/mol. The maximum Gasteiger partial charge on any atom is 0.312 e. The smallest absolute Gasteiger partial charge is 0.312 e. The molecular weight excluding hydrogens is 232 g/mol. The Bertz CT molecular complexity index is 344. The standard InChI is InChI=1S/C8H12N4O3S/c9-5(16)3-11-7(14)8(15)12-2-1-10-6(13)4-12/h1-4H2,(H2,9,16)(H,10,13)(H,11,14). The van der Waals surface area contributed by atoms with E-state index in [1.165, 1.54) is 4.90 Å². The van der Waals surface area contributed by atoms with Gasteiger partial charge in [0.1, 0.15) is 6.54 Å². The lowest BCUT2D eigenvalue weighted by Crippen LogP contribution is -2.54. The van der Waals surface area contributed by atoms with Gasteiger partial charge in [0.15, 0.2) is 0 Å². The molecule has 0 unspecified atom stereocenters. The van der Waals surface area contributed by atoms with E-state index in [4.69, 9.17) is 5.73 Å². The summed E-state index contributed by atoms with van der Waals surface area (Å²) in [5.41, 5.74) is 5.17. The van der Waals surface area contributed by atoms with Crippen LogP contribution in [0, 0.1) is 0 Å². The largest absolute Gasteiger partial charge is 0.392 e. The molecule has 1 heterocycles. The molecule has 4 N–H and O–H groups in total. The summed E-state index contributed by atoms with van der Waals surface area (Å²) in [6, 6.07) is 0. The molecular formula is C8H12N4O3S. The van der Waals surface area contributed by atoms with E-state index in [2.05, 4.69) is 22.9 Å². The third kappa shape index (κ3) is 3.46. The van der Waals surface area contributed by atoms with Crippen LogP contribution in [0.3, 0.4) is 0 Å². The van der Waals surface area contributed by atoms with Gasteiger partial charge in [-0.3, -0.25) is 14.4 Å². The second-order valence-electron chi connectivity index (χ2n) is 3.23. The molecule has 88 valence electrons. The third-order valence-electron chi connectivity index (χ3n) is 1.94. The number of piperazine rings is 1. The Balaban J connectivity index is 2.46. The number of hydrogen-bond acceptors (Lipinski definition) is 4. The zero-order valence-corrected chi connectivity index (χ0v) is 9.30. The summed E-state index contributed by atoms with van der Waals surface area (Å²) in [5.74, 6) is -1.82. The molecule has 1 saturated heterocycles. The van der Waals surface area contributed by atoms with Gasteiger partial charge in [0.05, 0.1) is 11.5 Å². The second kappa shape index (κ2) is 5.40. The molecule has 1 aliphatic heterocycles. The Kier molecular flexibility index (Phi) is 4.18. The molecule has 0 aromatic heterocycles. The van der Waals surface area contributed by atoms with Gasteiger partial charge in [-0.05, 0) is 0 Å². The number of rotatable bonds is 2. The molecule has 16 heavy (non-hydrogen) atoms. The number of carbonyl (C=O) groups excluding carboxylic acids is 3. The van der Waals surface area contributed by atoms with E-state index in [1.807, 2.05) is 0 Å². The van der Waals surface area contributed by atoms with Crippen LogP contribution < -0.4 is 16.4 Å². The molecule has 8 heteroatoms. The van der Waals surface area contributed by atoms with E-state index in [0.717, 1.165) is 0 Å². The summed E-state index contributed by atoms with van der Waals surface area (Å²) in [6.07, 6.45) is 0. The number of thiocarbonyl (C=S) groups is 1. The van der Waals surface area contributed by atoms with Crippen molar-refractivity contribution < 1.29 is 14.4 Å². The van der Waals surface area contributed by atoms with Crippen LogP contribution in [0.2, 0.25) is 0 Å². The second-order valence-corrected chi connectivity index (χ2v) is 3.75. The normalized spacial score (nSPS) is 15.2. The maximum atomic E-state index is 11.5. The molecule has 0 bridgehead atoms. The van der Waals surface area contributed by atoms with Crippen LogP contribution in [0.15, 0.2) is 0 Å². The van der Waals surface area contributed by atoms with Crippen LogP contribution >= 0.6 is 12.2 Å². The predicted octanol–water partition coefficient (Wildman–Crippen LogP) is -2.65. The van der Waals surface area contributed by atoms with Crippen molar-refractivity contribution >= 4 is 34.9 Å². The van der Waals surface area contributed by atoms with Gasteiger partial charge in [0, 0.05) is 13.1 Å². The first-order valence-electron chi connectivity index (χ1n) is 4.63. The number of hydrogen-bond donors (Lipinski definition) is 3. The van der Waals surface area contributed by atoms with Gasteiger partial charge in [-0.15, -0.1) is 0 Å². The van der Waals surface area contributed by atoms with Crippen molar-refractivity contribution in [2.24, 2.45) is 5.73 Å². The van der Waals surface area contributed by atoms with Crippen molar-refractivity contribution in [3.8, 4) is 0 Å². The van der Waals surface area contributed by atoms with Crippen molar-refractivity contribution in [2.75, 3.05) is 26.2 Å². The van der Waals surface area contributed by atoms with Crippen LogP contribution in [0.25, 0.3) is 0 Å². The Labute approximate surface area is 97.3 Å². The van der Waals surface area contributed by atoms with Gasteiger partial charge < -0.3 is 21.3 Å². The van der Waals surface area contributed by atoms with Crippen LogP contribution in [-0.2, 0) is 14.4 Å². The quantitative estimate of drug-likeness (QED) is 0.363. The van der Waals surface area contributed by atoms with Crippen molar-refractivity contribution in [3.63, 3.8) is 0 Å². The number of nitrogens with two attached hydrogens (primary N) is 1. The molecule has 1 rings (SSSR count). The fourth-order valence-corrected chi connectivity index (χ4v) is 1.27. The summed E-state index contributed by atoms with van der Waals surface area (Å²) in [6.45, 7) is 0.553. The molecule has 0 aromatic rings. The minimum Gasteiger partial charge on any atom is -0.392 e. The average molecular weight is 244 g/mol. The average Bonchev–Trinajstić information content (AvgIpc) is 2.24. The first kappa shape index (κ1) is 12.4. The summed E-state index contributed by atoms with van der Waals surface area (Å²) >= 11 is 4.55. The van der Waals surface area contributed by atoms with Crippen molar-refractivity contribution in [3.05, 3.63) is 0 Å². The number of nitrogens with one attached hydrogen (secondary N) is 2. The SMILES string of the molecule is NC(=S)CNC(=O)C(=O)N1CCNC(=O)C1. The van der Waals surface area contributed by atoms with Gasteiger partial charge in [-0.1, -0.05) is 12.2 Å². The highest BCUT2D eigenvalue weighted by molar-refractivity contribution is 7.80. The molecule has 7 nitrogen and oxygen atoms in total. The molecule has 0 aromatic carbocycles. The molecule has 3 amide bonds. The van der Waals surface area contributed by atoms with E-state index in [0.29, 0.717) is 13.1 Å². The summed E-state index contributed by atoms with van der Waals surface area (Å²) in [4.78, 5) is 35.1. The summed E-state index contributed by atoms with van der Waals surface area (Å²) < 4.78 is 0. The Hall–Kier alpha value is -1.70. The minimum absolute atomic E-state index is 0.0278. The molecule has 0 atom stereocenters. The van der Waals surface area contributed by atoms with Crippen LogP contribution in [-0.4, -0.2) is 53.8 Å². The van der Waals surface area contributed by atoms with Crippen molar-refractivity contribution in [2.45, 2.75) is 0 Å². The Morgan fingerprint density at radius 3 is 2.81 bits per heavy atom. The molecule has 1 fully saturated rings. The van der Waals surface area contributed by atoms with Gasteiger partial charge >= 0.3 is 11.8 Å². The van der Waals surface area contributed by atoms with Gasteiger partial charge in [0.2, 0.25) is 5.91 Å². The van der Waals surface area contributed by atoms with Crippen LogP contribution in [0.5, 0.6) is 0 Å². The van der Waals surface area contributed by atoms with Gasteiger partial charge in [-0.2, -0.15) is 0 Å². The molecule has 0 aliphatic carbocycles. The molecule has 0 spiro atoms. The fourth-order valence-electron chi connectivity index (χ4n) is 1.20. The van der Waals surface area contributed by atoms with E-state index in [1.54, 1.807) is 0 Å². The van der Waals surface area contributed by atoms with Gasteiger partial charge in [-0.25, -0.2) is 0 Å². The minimum atomic E-state index is -0.803. The molecule has 0 saturated carbocycles. The highest BCUT2D eigenvalue weighted by atomic mass is 32.1. The van der Waals surface area contributed by atoms with E-state index >= 15 is 0 Å². The number of carbonyl (C=O) groups is 3. The van der Waals surface area contributed by atoms with Crippen LogP contribution in [0.4, 0.5) is 0 Å². The highest BCUT2D eigenvalue weighted by Crippen LogP contribution is 1.94. The topological polar surface area (TPSA) is 105 Å². The van der Waals surface area contributed by atoms with E-state index in [-0.39, 0.29) is 24.0 Å². The molecule has 1 aliphatic rings. The Morgan fingerprint density at radius 2 is 2.25 bits per heavy atom. The van der Waals surface area contributed by atoms with Crippen molar-refractivity contribution in [1.29, 1.82) is 0 Å². The zero-order chi connectivity index (χ0) is 12.1. The summed E-state index contributed by atoms with van der Waals surface area (Å²) in [5, 5.41) is 4.82. The zero-order valence-electron chi connectivity index (χ0n) is 8.49. The monoisotopic (exact) mass is 244 g/mol. The first-order valence-corrected chi connectivity index (χ1v) is 5.03. The lowest BCUT2D eigenvalue weighted by atomic mass is 10.3. The van der Waals surface area contributed by atoms with Gasteiger partial charge in [0.25, 0.3) is 0 Å². The summed E-state index contributed by atoms with van der Waals surface area (Å²) in [7, 11) is 0. The lowest BCUT2D eigenvalue weighted by Gasteiger charge is -2.25. The third-order valence-corrected chi connectivity index (χ3v) is 2.09. The first-order chi connectivity index (χ1) is 7.50. The fraction of sp³-hybridized carbons (Fsp3) is 0.500. The van der Waals surface area contributed by atoms with E-state index < -0.39 is 11.8 Å². The Morgan fingerprint density at radius 1 is 1.56 bits per heavy atom.